The standard InChI is InChI=1S/C19H20N2OS/c1-11-4-6-14(13(3)8-11)18-16(10-22)21-15-7-5-12(2)9-17(15)23-19(21)20-18/h4,6,8,10,12H,5,7,9H2,1-3H3. The molecule has 0 bridgehead atoms. The predicted octanol–water partition coefficient (Wildman–Crippen LogP) is 4.62. The number of fused-ring (bicyclic) bond motifs is 3. The van der Waals surface area contributed by atoms with E-state index in [0.717, 1.165) is 41.3 Å². The molecule has 2 heterocycles. The molecule has 0 saturated carbocycles. The molecule has 2 aromatic heterocycles. The Kier molecular flexibility index (Phi) is 3.38. The minimum atomic E-state index is 0.707. The first-order chi connectivity index (χ1) is 11.1. The summed E-state index contributed by atoms with van der Waals surface area (Å²) in [6.45, 7) is 6.47. The molecule has 1 aliphatic carbocycles. The summed E-state index contributed by atoms with van der Waals surface area (Å²) in [5, 5.41) is 0. The highest BCUT2D eigenvalue weighted by atomic mass is 32.1. The average Bonchev–Trinajstić information content (AvgIpc) is 3.01. The Bertz CT molecular complexity index is 919. The van der Waals surface area contributed by atoms with Gasteiger partial charge >= 0.3 is 0 Å². The summed E-state index contributed by atoms with van der Waals surface area (Å²) in [6, 6.07) is 6.31. The van der Waals surface area contributed by atoms with Crippen LogP contribution in [0.4, 0.5) is 0 Å². The average molecular weight is 324 g/mol. The molecule has 0 saturated heterocycles. The van der Waals surface area contributed by atoms with Crippen molar-refractivity contribution in [1.29, 1.82) is 0 Å². The second kappa shape index (κ2) is 5.31. The zero-order valence-corrected chi connectivity index (χ0v) is 14.5. The molecule has 0 aliphatic heterocycles. The largest absolute Gasteiger partial charge is 0.296 e. The van der Waals surface area contributed by atoms with Gasteiger partial charge in [0, 0.05) is 16.1 Å². The number of nitrogens with zero attached hydrogens (tertiary/aromatic N) is 2. The third-order valence-corrected chi connectivity index (χ3v) is 5.95. The van der Waals surface area contributed by atoms with Crippen molar-refractivity contribution >= 4 is 22.6 Å². The molecule has 1 atom stereocenters. The Labute approximate surface area is 140 Å². The van der Waals surface area contributed by atoms with Gasteiger partial charge in [0.2, 0.25) is 0 Å². The van der Waals surface area contributed by atoms with E-state index >= 15 is 0 Å². The summed E-state index contributed by atoms with van der Waals surface area (Å²) in [6.07, 6.45) is 4.31. The Morgan fingerprint density at radius 2 is 2.17 bits per heavy atom. The molecule has 0 fully saturated rings. The maximum absolute atomic E-state index is 11.8. The molecule has 4 rings (SSSR count). The molecule has 3 nitrogen and oxygen atoms in total. The fraction of sp³-hybridized carbons (Fsp3) is 0.368. The van der Waals surface area contributed by atoms with E-state index < -0.39 is 0 Å². The number of benzene rings is 1. The lowest BCUT2D eigenvalue weighted by atomic mass is 9.93. The normalized spacial score (nSPS) is 17.4. The minimum absolute atomic E-state index is 0.707. The first-order valence-electron chi connectivity index (χ1n) is 8.14. The number of carbonyl (C=O) groups excluding carboxylic acids is 1. The second-order valence-corrected chi connectivity index (χ2v) is 7.78. The van der Waals surface area contributed by atoms with Crippen molar-refractivity contribution in [3.63, 3.8) is 0 Å². The van der Waals surface area contributed by atoms with E-state index in [9.17, 15) is 4.79 Å². The molecule has 0 amide bonds. The lowest BCUT2D eigenvalue weighted by molar-refractivity contribution is 0.111. The fourth-order valence-electron chi connectivity index (χ4n) is 3.63. The van der Waals surface area contributed by atoms with Gasteiger partial charge in [-0.1, -0.05) is 30.7 Å². The number of aryl methyl sites for hydroxylation is 3. The van der Waals surface area contributed by atoms with E-state index in [-0.39, 0.29) is 0 Å². The molecule has 1 unspecified atom stereocenters. The van der Waals surface area contributed by atoms with Gasteiger partial charge in [0.15, 0.2) is 11.2 Å². The molecule has 23 heavy (non-hydrogen) atoms. The van der Waals surface area contributed by atoms with Crippen LogP contribution >= 0.6 is 11.3 Å². The molecule has 4 heteroatoms. The number of rotatable bonds is 2. The van der Waals surface area contributed by atoms with Gasteiger partial charge in [-0.2, -0.15) is 0 Å². The van der Waals surface area contributed by atoms with E-state index in [1.807, 2.05) is 0 Å². The molecule has 1 aromatic carbocycles. The van der Waals surface area contributed by atoms with Gasteiger partial charge in [0.1, 0.15) is 11.4 Å². The number of hydrogen-bond donors (Lipinski definition) is 0. The van der Waals surface area contributed by atoms with Crippen LogP contribution in [-0.4, -0.2) is 15.7 Å². The van der Waals surface area contributed by atoms with Crippen molar-refractivity contribution in [2.75, 3.05) is 0 Å². The third-order valence-electron chi connectivity index (χ3n) is 4.84. The van der Waals surface area contributed by atoms with Crippen molar-refractivity contribution in [3.05, 3.63) is 45.6 Å². The topological polar surface area (TPSA) is 34.4 Å². The monoisotopic (exact) mass is 324 g/mol. The summed E-state index contributed by atoms with van der Waals surface area (Å²) in [5.41, 5.74) is 6.29. The van der Waals surface area contributed by atoms with Crippen LogP contribution in [0.3, 0.4) is 0 Å². The Hall–Kier alpha value is -1.94. The van der Waals surface area contributed by atoms with Crippen LogP contribution in [0.2, 0.25) is 0 Å². The highest BCUT2D eigenvalue weighted by Crippen LogP contribution is 2.36. The number of hydrogen-bond acceptors (Lipinski definition) is 3. The zero-order valence-electron chi connectivity index (χ0n) is 13.7. The van der Waals surface area contributed by atoms with Crippen molar-refractivity contribution in [2.45, 2.75) is 40.0 Å². The number of aldehydes is 1. The molecule has 0 spiro atoms. The van der Waals surface area contributed by atoms with Gasteiger partial charge in [-0.15, -0.1) is 11.3 Å². The van der Waals surface area contributed by atoms with E-state index in [1.54, 1.807) is 11.3 Å². The van der Waals surface area contributed by atoms with Crippen molar-refractivity contribution in [1.82, 2.24) is 9.38 Å². The minimum Gasteiger partial charge on any atom is -0.296 e. The smallest absolute Gasteiger partial charge is 0.195 e. The van der Waals surface area contributed by atoms with Crippen LogP contribution in [0.1, 0.15) is 45.5 Å². The third kappa shape index (κ3) is 2.24. The van der Waals surface area contributed by atoms with E-state index in [0.29, 0.717) is 5.69 Å². The van der Waals surface area contributed by atoms with Crippen molar-refractivity contribution < 1.29 is 4.79 Å². The number of imidazole rings is 1. The highest BCUT2D eigenvalue weighted by Gasteiger charge is 2.25. The molecule has 0 N–H and O–H groups in total. The molecule has 118 valence electrons. The highest BCUT2D eigenvalue weighted by molar-refractivity contribution is 7.17. The lowest BCUT2D eigenvalue weighted by Crippen LogP contribution is -2.11. The first-order valence-corrected chi connectivity index (χ1v) is 8.96. The van der Waals surface area contributed by atoms with Crippen molar-refractivity contribution in [3.8, 4) is 11.3 Å². The van der Waals surface area contributed by atoms with Crippen LogP contribution in [0.5, 0.6) is 0 Å². The van der Waals surface area contributed by atoms with Crippen LogP contribution in [-0.2, 0) is 12.8 Å². The van der Waals surface area contributed by atoms with Gasteiger partial charge in [0.05, 0.1) is 0 Å². The van der Waals surface area contributed by atoms with Crippen LogP contribution < -0.4 is 0 Å². The lowest BCUT2D eigenvalue weighted by Gasteiger charge is -2.17. The van der Waals surface area contributed by atoms with Gasteiger partial charge in [0.25, 0.3) is 0 Å². The Balaban J connectivity index is 1.95. The van der Waals surface area contributed by atoms with Gasteiger partial charge < -0.3 is 0 Å². The summed E-state index contributed by atoms with van der Waals surface area (Å²) >= 11 is 1.75. The molecule has 3 aromatic rings. The van der Waals surface area contributed by atoms with E-state index in [4.69, 9.17) is 4.98 Å². The van der Waals surface area contributed by atoms with Crippen LogP contribution in [0.25, 0.3) is 16.2 Å². The molecular weight excluding hydrogens is 304 g/mol. The SMILES string of the molecule is Cc1ccc(-c2nc3sc4c(n3c2C=O)CCC(C)C4)c(C)c1. The Morgan fingerprint density at radius 3 is 2.91 bits per heavy atom. The Morgan fingerprint density at radius 1 is 1.35 bits per heavy atom. The predicted molar refractivity (Wildman–Crippen MR) is 94.6 cm³/mol. The fourth-order valence-corrected chi connectivity index (χ4v) is 4.97. The summed E-state index contributed by atoms with van der Waals surface area (Å²) < 4.78 is 2.10. The maximum atomic E-state index is 11.8. The van der Waals surface area contributed by atoms with Crippen LogP contribution in [0.15, 0.2) is 18.2 Å². The van der Waals surface area contributed by atoms with Gasteiger partial charge in [-0.25, -0.2) is 4.98 Å². The number of thiazole rings is 1. The number of carbonyl (C=O) groups is 1. The zero-order chi connectivity index (χ0) is 16.1. The maximum Gasteiger partial charge on any atom is 0.195 e. The summed E-state index contributed by atoms with van der Waals surface area (Å²) in [4.78, 5) is 19.0. The molecule has 1 aliphatic rings. The van der Waals surface area contributed by atoms with E-state index in [2.05, 4.69) is 43.4 Å². The van der Waals surface area contributed by atoms with Crippen LogP contribution in [0, 0.1) is 19.8 Å². The first kappa shape index (κ1) is 14.6. The molecular formula is C19H20N2OS. The number of aromatic nitrogens is 2. The summed E-state index contributed by atoms with van der Waals surface area (Å²) in [7, 11) is 0. The van der Waals surface area contributed by atoms with Gasteiger partial charge in [-0.05, 0) is 44.6 Å². The quantitative estimate of drug-likeness (QED) is 0.645. The molecule has 0 radical (unpaired) electrons. The van der Waals surface area contributed by atoms with Gasteiger partial charge in [-0.3, -0.25) is 9.20 Å². The van der Waals surface area contributed by atoms with Crippen molar-refractivity contribution in [2.24, 2.45) is 5.92 Å². The van der Waals surface area contributed by atoms with E-state index in [1.165, 1.54) is 28.1 Å². The summed E-state index contributed by atoms with van der Waals surface area (Å²) in [5.74, 6) is 0.726. The second-order valence-electron chi connectivity index (χ2n) is 6.72.